The summed E-state index contributed by atoms with van der Waals surface area (Å²) in [6, 6.07) is 0.476. The van der Waals surface area contributed by atoms with Gasteiger partial charge in [-0.25, -0.2) is 0 Å². The smallest absolute Gasteiger partial charge is 0.0615 e. The molecule has 0 heterocycles. The fourth-order valence-corrected chi connectivity index (χ4v) is 1.23. The molecular weight excluding hydrogens is 166 g/mol. The second kappa shape index (κ2) is 8.48. The van der Waals surface area contributed by atoms with Crippen LogP contribution in [0.3, 0.4) is 0 Å². The molecule has 0 spiro atoms. The molecule has 1 N–H and O–H groups in total. The van der Waals surface area contributed by atoms with Crippen molar-refractivity contribution in [2.45, 2.75) is 26.3 Å². The quantitative estimate of drug-likeness (QED) is 0.624. The molecule has 0 saturated carbocycles. The lowest BCUT2D eigenvalue weighted by Gasteiger charge is -2.18. The van der Waals surface area contributed by atoms with Crippen LogP contribution in [0.4, 0.5) is 0 Å². The average molecular weight is 189 g/mol. The zero-order valence-corrected chi connectivity index (χ0v) is 9.30. The Morgan fingerprint density at radius 1 is 1.15 bits per heavy atom. The van der Waals surface area contributed by atoms with Gasteiger partial charge in [-0.15, -0.1) is 0 Å². The monoisotopic (exact) mass is 189 g/mol. The van der Waals surface area contributed by atoms with Crippen molar-refractivity contribution in [1.29, 1.82) is 0 Å². The van der Waals surface area contributed by atoms with Gasteiger partial charge in [-0.05, 0) is 12.3 Å². The van der Waals surface area contributed by atoms with E-state index in [-0.39, 0.29) is 0 Å². The van der Waals surface area contributed by atoms with Gasteiger partial charge in [-0.3, -0.25) is 0 Å². The van der Waals surface area contributed by atoms with Crippen molar-refractivity contribution in [3.8, 4) is 0 Å². The maximum Gasteiger partial charge on any atom is 0.0615 e. The summed E-state index contributed by atoms with van der Waals surface area (Å²) in [4.78, 5) is 0. The van der Waals surface area contributed by atoms with Crippen LogP contribution < -0.4 is 5.32 Å². The van der Waals surface area contributed by atoms with E-state index in [9.17, 15) is 0 Å². The van der Waals surface area contributed by atoms with Crippen molar-refractivity contribution in [3.63, 3.8) is 0 Å². The molecule has 0 rings (SSSR count). The Morgan fingerprint density at radius 3 is 2.23 bits per heavy atom. The number of ether oxygens (including phenoxy) is 2. The van der Waals surface area contributed by atoms with E-state index in [2.05, 4.69) is 19.2 Å². The minimum Gasteiger partial charge on any atom is -0.384 e. The van der Waals surface area contributed by atoms with Crippen molar-refractivity contribution in [2.75, 3.05) is 34.0 Å². The Labute approximate surface area is 81.8 Å². The summed E-state index contributed by atoms with van der Waals surface area (Å²) in [7, 11) is 3.48. The zero-order chi connectivity index (χ0) is 10.1. The Balaban J connectivity index is 3.46. The molecule has 0 bridgehead atoms. The number of methoxy groups -OCH3 is 2. The van der Waals surface area contributed by atoms with E-state index in [1.807, 2.05) is 0 Å². The van der Waals surface area contributed by atoms with Gasteiger partial charge in [-0.1, -0.05) is 13.8 Å². The summed E-state index contributed by atoms with van der Waals surface area (Å²) >= 11 is 0. The predicted molar refractivity (Wildman–Crippen MR) is 55.0 cm³/mol. The molecule has 0 aliphatic rings. The summed E-state index contributed by atoms with van der Waals surface area (Å²) in [5.74, 6) is 0.566. The normalized spacial score (nSPS) is 15.7. The highest BCUT2D eigenvalue weighted by atomic mass is 16.5. The third-order valence-electron chi connectivity index (χ3n) is 2.07. The van der Waals surface area contributed by atoms with Crippen LogP contribution in [0.2, 0.25) is 0 Å². The molecular formula is C10H23NO2. The molecule has 2 unspecified atom stereocenters. The van der Waals surface area contributed by atoms with Gasteiger partial charge in [0.15, 0.2) is 0 Å². The molecule has 0 aliphatic heterocycles. The number of hydrogen-bond acceptors (Lipinski definition) is 3. The number of hydrogen-bond donors (Lipinski definition) is 1. The van der Waals surface area contributed by atoms with E-state index in [0.717, 1.165) is 26.2 Å². The standard InChI is InChI=1S/C10H23NO2/c1-5-10(8-13-4)11-6-9(2)7-12-3/h9-11H,5-8H2,1-4H3. The molecule has 0 aromatic heterocycles. The van der Waals surface area contributed by atoms with Gasteiger partial charge < -0.3 is 14.8 Å². The van der Waals surface area contributed by atoms with Crippen LogP contribution in [-0.4, -0.2) is 40.0 Å². The van der Waals surface area contributed by atoms with Gasteiger partial charge in [-0.2, -0.15) is 0 Å². The van der Waals surface area contributed by atoms with Crippen molar-refractivity contribution in [3.05, 3.63) is 0 Å². The van der Waals surface area contributed by atoms with Crippen LogP contribution >= 0.6 is 0 Å². The second-order valence-electron chi connectivity index (χ2n) is 3.53. The molecule has 0 aromatic carbocycles. The Morgan fingerprint density at radius 2 is 1.77 bits per heavy atom. The first kappa shape index (κ1) is 12.9. The van der Waals surface area contributed by atoms with Gasteiger partial charge >= 0.3 is 0 Å². The first-order valence-corrected chi connectivity index (χ1v) is 4.95. The van der Waals surface area contributed by atoms with Crippen molar-refractivity contribution in [1.82, 2.24) is 5.32 Å². The molecule has 0 aliphatic carbocycles. The lowest BCUT2D eigenvalue weighted by Crippen LogP contribution is -2.36. The molecule has 80 valence electrons. The van der Waals surface area contributed by atoms with E-state index >= 15 is 0 Å². The highest BCUT2D eigenvalue weighted by Gasteiger charge is 2.07. The molecule has 0 aromatic rings. The molecule has 3 heteroatoms. The maximum atomic E-state index is 5.09. The minimum absolute atomic E-state index is 0.476. The fourth-order valence-electron chi connectivity index (χ4n) is 1.23. The van der Waals surface area contributed by atoms with Crippen molar-refractivity contribution >= 4 is 0 Å². The Hall–Kier alpha value is -0.120. The summed E-state index contributed by atoms with van der Waals surface area (Å²) in [5, 5.41) is 3.45. The highest BCUT2D eigenvalue weighted by Crippen LogP contribution is 1.96. The molecule has 0 fully saturated rings. The summed E-state index contributed by atoms with van der Waals surface area (Å²) in [5.41, 5.74) is 0. The molecule has 2 atom stereocenters. The third kappa shape index (κ3) is 6.99. The lowest BCUT2D eigenvalue weighted by molar-refractivity contribution is 0.141. The van der Waals surface area contributed by atoms with E-state index in [1.54, 1.807) is 14.2 Å². The molecule has 13 heavy (non-hydrogen) atoms. The van der Waals surface area contributed by atoms with Gasteiger partial charge in [0.1, 0.15) is 0 Å². The summed E-state index contributed by atoms with van der Waals surface area (Å²) in [6.07, 6.45) is 1.10. The molecule has 0 radical (unpaired) electrons. The molecule has 0 amide bonds. The lowest BCUT2D eigenvalue weighted by atomic mass is 10.1. The number of rotatable bonds is 8. The summed E-state index contributed by atoms with van der Waals surface area (Å²) < 4.78 is 10.2. The van der Waals surface area contributed by atoms with Crippen LogP contribution in [0.5, 0.6) is 0 Å². The van der Waals surface area contributed by atoms with Crippen LogP contribution in [0.25, 0.3) is 0 Å². The van der Waals surface area contributed by atoms with E-state index in [4.69, 9.17) is 9.47 Å². The van der Waals surface area contributed by atoms with Crippen LogP contribution in [-0.2, 0) is 9.47 Å². The van der Waals surface area contributed by atoms with Gasteiger partial charge in [0.25, 0.3) is 0 Å². The SMILES string of the molecule is CCC(COC)NCC(C)COC. The number of nitrogens with one attached hydrogen (secondary N) is 1. The minimum atomic E-state index is 0.476. The summed E-state index contributed by atoms with van der Waals surface area (Å²) in [6.45, 7) is 6.94. The average Bonchev–Trinajstić information content (AvgIpc) is 2.12. The largest absolute Gasteiger partial charge is 0.384 e. The molecule has 0 saturated heterocycles. The second-order valence-corrected chi connectivity index (χ2v) is 3.53. The van der Waals surface area contributed by atoms with Gasteiger partial charge in [0.2, 0.25) is 0 Å². The fraction of sp³-hybridized carbons (Fsp3) is 1.00. The topological polar surface area (TPSA) is 30.5 Å². The van der Waals surface area contributed by atoms with Crippen molar-refractivity contribution in [2.24, 2.45) is 5.92 Å². The Kier molecular flexibility index (Phi) is 8.40. The van der Waals surface area contributed by atoms with E-state index in [1.165, 1.54) is 0 Å². The van der Waals surface area contributed by atoms with Gasteiger partial charge in [0, 0.05) is 33.4 Å². The van der Waals surface area contributed by atoms with Crippen LogP contribution in [0, 0.1) is 5.92 Å². The highest BCUT2D eigenvalue weighted by molar-refractivity contribution is 4.65. The maximum absolute atomic E-state index is 5.09. The van der Waals surface area contributed by atoms with Gasteiger partial charge in [0.05, 0.1) is 6.61 Å². The van der Waals surface area contributed by atoms with Crippen LogP contribution in [0.15, 0.2) is 0 Å². The first-order chi connectivity index (χ1) is 6.24. The Bertz CT molecular complexity index is 109. The zero-order valence-electron chi connectivity index (χ0n) is 9.30. The van der Waals surface area contributed by atoms with E-state index < -0.39 is 0 Å². The molecule has 3 nitrogen and oxygen atoms in total. The first-order valence-electron chi connectivity index (χ1n) is 4.95. The van der Waals surface area contributed by atoms with Crippen molar-refractivity contribution < 1.29 is 9.47 Å². The van der Waals surface area contributed by atoms with Crippen LogP contribution in [0.1, 0.15) is 20.3 Å². The third-order valence-corrected chi connectivity index (χ3v) is 2.07. The predicted octanol–water partition coefficient (Wildman–Crippen LogP) is 1.28. The van der Waals surface area contributed by atoms with E-state index in [0.29, 0.717) is 12.0 Å².